The van der Waals surface area contributed by atoms with Gasteiger partial charge in [0.1, 0.15) is 12.6 Å². The van der Waals surface area contributed by atoms with Crippen LogP contribution in [0.1, 0.15) is 18.1 Å². The Morgan fingerprint density at radius 1 is 1.07 bits per heavy atom. The van der Waals surface area contributed by atoms with Crippen molar-refractivity contribution >= 4 is 22.9 Å². The highest BCUT2D eigenvalue weighted by molar-refractivity contribution is 5.88. The Balaban J connectivity index is 1.67. The van der Waals surface area contributed by atoms with Gasteiger partial charge in [0.15, 0.2) is 0 Å². The van der Waals surface area contributed by atoms with E-state index >= 15 is 0 Å². The quantitative estimate of drug-likeness (QED) is 0.601. The van der Waals surface area contributed by atoms with Crippen LogP contribution in [-0.4, -0.2) is 29.6 Å². The van der Waals surface area contributed by atoms with Crippen LogP contribution < -0.4 is 10.6 Å². The molecule has 0 aliphatic carbocycles. The summed E-state index contributed by atoms with van der Waals surface area (Å²) in [5.74, 6) is -0.237. The molecule has 1 aromatic heterocycles. The summed E-state index contributed by atoms with van der Waals surface area (Å²) < 4.78 is 5.26. The summed E-state index contributed by atoms with van der Waals surface area (Å²) in [6.07, 6.45) is 1.62. The third kappa shape index (κ3) is 4.88. The summed E-state index contributed by atoms with van der Waals surface area (Å²) in [5.41, 5.74) is 2.85. The van der Waals surface area contributed by atoms with Gasteiger partial charge in [-0.1, -0.05) is 48.5 Å². The maximum Gasteiger partial charge on any atom is 0.408 e. The number of alkyl carbamates (subject to hydrolysis) is 1. The molecular weight excluding hydrogens is 342 g/mol. The van der Waals surface area contributed by atoms with Gasteiger partial charge in [-0.25, -0.2) is 4.79 Å². The minimum Gasteiger partial charge on any atom is -0.445 e. The lowest BCUT2D eigenvalue weighted by molar-refractivity contribution is -0.122. The van der Waals surface area contributed by atoms with Crippen LogP contribution in [0.5, 0.6) is 0 Å². The lowest BCUT2D eigenvalue weighted by Crippen LogP contribution is -2.48. The van der Waals surface area contributed by atoms with E-state index < -0.39 is 12.1 Å². The number of aromatic amines is 1. The molecule has 0 radical (unpaired) electrons. The number of aromatic nitrogens is 1. The lowest BCUT2D eigenvalue weighted by Gasteiger charge is -2.18. The molecular formula is C21H23N3O3. The van der Waals surface area contributed by atoms with Gasteiger partial charge in [0.25, 0.3) is 0 Å². The summed E-state index contributed by atoms with van der Waals surface area (Å²) in [7, 11) is 0. The van der Waals surface area contributed by atoms with Gasteiger partial charge in [0.2, 0.25) is 5.91 Å². The van der Waals surface area contributed by atoms with Crippen molar-refractivity contribution in [1.29, 1.82) is 0 Å². The second kappa shape index (κ2) is 8.89. The topological polar surface area (TPSA) is 83.2 Å². The number of benzene rings is 2. The van der Waals surface area contributed by atoms with Crippen molar-refractivity contribution < 1.29 is 14.3 Å². The molecule has 0 aliphatic rings. The first-order valence-corrected chi connectivity index (χ1v) is 8.97. The van der Waals surface area contributed by atoms with Gasteiger partial charge in [0.05, 0.1) is 0 Å². The molecule has 6 heteroatoms. The van der Waals surface area contributed by atoms with Crippen molar-refractivity contribution in [3.63, 3.8) is 0 Å². The van der Waals surface area contributed by atoms with Crippen LogP contribution in [0, 0.1) is 0 Å². The Bertz CT molecular complexity index is 905. The van der Waals surface area contributed by atoms with E-state index in [1.807, 2.05) is 67.7 Å². The number of likely N-dealkylation sites (N-methyl/N-ethyl adjacent to an activating group) is 1. The predicted octanol–water partition coefficient (Wildman–Crippen LogP) is 3.14. The van der Waals surface area contributed by atoms with Crippen LogP contribution in [-0.2, 0) is 22.6 Å². The van der Waals surface area contributed by atoms with Crippen molar-refractivity contribution in [3.05, 3.63) is 71.9 Å². The predicted molar refractivity (Wildman–Crippen MR) is 104 cm³/mol. The molecule has 0 fully saturated rings. The van der Waals surface area contributed by atoms with Gasteiger partial charge >= 0.3 is 6.09 Å². The Morgan fingerprint density at radius 2 is 1.81 bits per heavy atom. The number of hydrogen-bond acceptors (Lipinski definition) is 3. The maximum atomic E-state index is 12.4. The fraction of sp³-hybridized carbons (Fsp3) is 0.238. The highest BCUT2D eigenvalue weighted by Crippen LogP contribution is 2.19. The summed E-state index contributed by atoms with van der Waals surface area (Å²) in [6.45, 7) is 2.49. The molecule has 3 rings (SSSR count). The van der Waals surface area contributed by atoms with E-state index in [2.05, 4.69) is 15.6 Å². The number of fused-ring (bicyclic) bond motifs is 1. The molecule has 2 amide bonds. The SMILES string of the molecule is CCNC(=O)C(Cc1c[nH]c2ccccc12)NC(=O)OCc1ccccc1. The van der Waals surface area contributed by atoms with E-state index in [1.54, 1.807) is 0 Å². The Morgan fingerprint density at radius 3 is 2.59 bits per heavy atom. The van der Waals surface area contributed by atoms with Crippen molar-refractivity contribution in [2.75, 3.05) is 6.54 Å². The van der Waals surface area contributed by atoms with Crippen LogP contribution in [0.3, 0.4) is 0 Å². The first-order valence-electron chi connectivity index (χ1n) is 8.97. The maximum absolute atomic E-state index is 12.4. The monoisotopic (exact) mass is 365 g/mol. The standard InChI is InChI=1S/C21H23N3O3/c1-2-22-20(25)19(12-16-13-23-18-11-7-6-10-17(16)18)24-21(26)27-14-15-8-4-3-5-9-15/h3-11,13,19,23H,2,12,14H2,1H3,(H,22,25)(H,24,26). The average Bonchev–Trinajstić information content (AvgIpc) is 3.10. The molecule has 6 nitrogen and oxygen atoms in total. The fourth-order valence-corrected chi connectivity index (χ4v) is 2.93. The van der Waals surface area contributed by atoms with Gasteiger partial charge < -0.3 is 20.4 Å². The van der Waals surface area contributed by atoms with E-state index in [4.69, 9.17) is 4.74 Å². The van der Waals surface area contributed by atoms with Crippen molar-refractivity contribution in [2.24, 2.45) is 0 Å². The van der Waals surface area contributed by atoms with E-state index in [0.29, 0.717) is 13.0 Å². The molecule has 27 heavy (non-hydrogen) atoms. The molecule has 3 N–H and O–H groups in total. The second-order valence-electron chi connectivity index (χ2n) is 6.22. The first kappa shape index (κ1) is 18.5. The zero-order valence-corrected chi connectivity index (χ0v) is 15.2. The van der Waals surface area contributed by atoms with Gasteiger partial charge in [-0.05, 0) is 24.1 Å². The van der Waals surface area contributed by atoms with Gasteiger partial charge in [-0.15, -0.1) is 0 Å². The highest BCUT2D eigenvalue weighted by Gasteiger charge is 2.22. The molecule has 0 aliphatic heterocycles. The molecule has 0 saturated heterocycles. The Labute approximate surface area is 157 Å². The molecule has 1 atom stereocenters. The largest absolute Gasteiger partial charge is 0.445 e. The molecule has 1 heterocycles. The number of amides is 2. The van der Waals surface area contributed by atoms with E-state index in [0.717, 1.165) is 22.0 Å². The van der Waals surface area contributed by atoms with Crippen LogP contribution >= 0.6 is 0 Å². The zero-order valence-electron chi connectivity index (χ0n) is 15.2. The van der Waals surface area contributed by atoms with E-state index in [1.165, 1.54) is 0 Å². The Hall–Kier alpha value is -3.28. The molecule has 3 aromatic rings. The van der Waals surface area contributed by atoms with Crippen LogP contribution in [0.2, 0.25) is 0 Å². The number of H-pyrrole nitrogens is 1. The number of carbonyl (C=O) groups is 2. The van der Waals surface area contributed by atoms with Crippen LogP contribution in [0.4, 0.5) is 4.79 Å². The molecule has 0 bridgehead atoms. The third-order valence-corrected chi connectivity index (χ3v) is 4.27. The number of hydrogen-bond donors (Lipinski definition) is 3. The highest BCUT2D eigenvalue weighted by atomic mass is 16.5. The molecule has 1 unspecified atom stereocenters. The number of carbonyl (C=O) groups excluding carboxylic acids is 2. The summed E-state index contributed by atoms with van der Waals surface area (Å²) in [4.78, 5) is 27.8. The molecule has 2 aromatic carbocycles. The molecule has 140 valence electrons. The number of nitrogens with one attached hydrogen (secondary N) is 3. The molecule has 0 spiro atoms. The summed E-state index contributed by atoms with van der Waals surface area (Å²) >= 11 is 0. The molecule has 0 saturated carbocycles. The van der Waals surface area contributed by atoms with Crippen molar-refractivity contribution in [2.45, 2.75) is 26.0 Å². The van der Waals surface area contributed by atoms with E-state index in [9.17, 15) is 9.59 Å². The summed E-state index contributed by atoms with van der Waals surface area (Å²) in [6, 6.07) is 16.6. The lowest BCUT2D eigenvalue weighted by atomic mass is 10.0. The average molecular weight is 365 g/mol. The van der Waals surface area contributed by atoms with E-state index in [-0.39, 0.29) is 12.5 Å². The van der Waals surface area contributed by atoms with Crippen molar-refractivity contribution in [3.8, 4) is 0 Å². The second-order valence-corrected chi connectivity index (χ2v) is 6.22. The fourth-order valence-electron chi connectivity index (χ4n) is 2.93. The van der Waals surface area contributed by atoms with Gasteiger partial charge in [-0.2, -0.15) is 0 Å². The minimum atomic E-state index is -0.715. The van der Waals surface area contributed by atoms with Crippen LogP contribution in [0.15, 0.2) is 60.8 Å². The smallest absolute Gasteiger partial charge is 0.408 e. The number of para-hydroxylation sites is 1. The Kier molecular flexibility index (Phi) is 6.10. The zero-order chi connectivity index (χ0) is 19.1. The van der Waals surface area contributed by atoms with Crippen LogP contribution in [0.25, 0.3) is 10.9 Å². The third-order valence-electron chi connectivity index (χ3n) is 4.27. The minimum absolute atomic E-state index is 0.155. The van der Waals surface area contributed by atoms with Gasteiger partial charge in [0, 0.05) is 30.1 Å². The first-order chi connectivity index (χ1) is 13.2. The van der Waals surface area contributed by atoms with Gasteiger partial charge in [-0.3, -0.25) is 4.79 Å². The summed E-state index contributed by atoms with van der Waals surface area (Å²) in [5, 5.41) is 6.49. The number of ether oxygens (including phenoxy) is 1. The normalized spacial score (nSPS) is 11.7. The van der Waals surface area contributed by atoms with Crippen molar-refractivity contribution in [1.82, 2.24) is 15.6 Å². The number of rotatable bonds is 7.